The second kappa shape index (κ2) is 8.37. The molecule has 1 heterocycles. The Morgan fingerprint density at radius 1 is 1.29 bits per heavy atom. The Balaban J connectivity index is 1.60. The zero-order valence-corrected chi connectivity index (χ0v) is 13.0. The maximum absolute atomic E-state index is 10.0. The van der Waals surface area contributed by atoms with Crippen molar-refractivity contribution in [3.63, 3.8) is 0 Å². The number of aliphatic hydroxyl groups is 1. The number of phenolic OH excluding ortho intramolecular Hbond substituents is 1. The highest BCUT2D eigenvalue weighted by molar-refractivity contribution is 5.27. The number of piperidine rings is 1. The molecule has 1 aromatic rings. The van der Waals surface area contributed by atoms with Crippen LogP contribution in [0.5, 0.6) is 5.75 Å². The third-order valence-electron chi connectivity index (χ3n) is 4.36. The molecule has 1 aliphatic heterocycles. The summed E-state index contributed by atoms with van der Waals surface area (Å²) in [5.41, 5.74) is 0.838. The van der Waals surface area contributed by atoms with Gasteiger partial charge in [-0.2, -0.15) is 0 Å². The SMILES string of the molecule is CC1CCCCN1CCCNCC(O)c1ccc(O)cc1. The van der Waals surface area contributed by atoms with Gasteiger partial charge in [-0.05, 0) is 63.5 Å². The Morgan fingerprint density at radius 2 is 2.05 bits per heavy atom. The summed E-state index contributed by atoms with van der Waals surface area (Å²) in [5.74, 6) is 0.231. The van der Waals surface area contributed by atoms with Gasteiger partial charge in [-0.3, -0.25) is 0 Å². The molecule has 3 N–H and O–H groups in total. The van der Waals surface area contributed by atoms with Crippen LogP contribution in [0.15, 0.2) is 24.3 Å². The summed E-state index contributed by atoms with van der Waals surface area (Å²) in [7, 11) is 0. The van der Waals surface area contributed by atoms with E-state index in [1.807, 2.05) is 0 Å². The van der Waals surface area contributed by atoms with Crippen molar-refractivity contribution in [1.82, 2.24) is 10.2 Å². The predicted molar refractivity (Wildman–Crippen MR) is 85.4 cm³/mol. The molecule has 0 bridgehead atoms. The normalized spacial score (nSPS) is 21.3. The van der Waals surface area contributed by atoms with E-state index in [1.54, 1.807) is 24.3 Å². The maximum atomic E-state index is 10.0. The Hall–Kier alpha value is -1.10. The van der Waals surface area contributed by atoms with Gasteiger partial charge in [0.15, 0.2) is 0 Å². The molecule has 2 unspecified atom stereocenters. The van der Waals surface area contributed by atoms with Gasteiger partial charge >= 0.3 is 0 Å². The van der Waals surface area contributed by atoms with Crippen molar-refractivity contribution >= 4 is 0 Å². The van der Waals surface area contributed by atoms with Crippen LogP contribution in [0.25, 0.3) is 0 Å². The summed E-state index contributed by atoms with van der Waals surface area (Å²) in [5, 5.41) is 22.6. The van der Waals surface area contributed by atoms with Crippen LogP contribution in [0.3, 0.4) is 0 Å². The molecular weight excluding hydrogens is 264 g/mol. The number of hydrogen-bond acceptors (Lipinski definition) is 4. The maximum Gasteiger partial charge on any atom is 0.115 e. The van der Waals surface area contributed by atoms with Crippen LogP contribution in [-0.2, 0) is 0 Å². The van der Waals surface area contributed by atoms with Gasteiger partial charge in [0.2, 0.25) is 0 Å². The van der Waals surface area contributed by atoms with E-state index in [9.17, 15) is 10.2 Å². The van der Waals surface area contributed by atoms with E-state index < -0.39 is 6.10 Å². The van der Waals surface area contributed by atoms with Crippen LogP contribution in [-0.4, -0.2) is 47.3 Å². The van der Waals surface area contributed by atoms with E-state index in [-0.39, 0.29) is 5.75 Å². The van der Waals surface area contributed by atoms with Gasteiger partial charge < -0.3 is 20.4 Å². The number of aromatic hydroxyl groups is 1. The number of likely N-dealkylation sites (tertiary alicyclic amines) is 1. The molecule has 0 radical (unpaired) electrons. The van der Waals surface area contributed by atoms with Crippen molar-refractivity contribution in [2.75, 3.05) is 26.2 Å². The van der Waals surface area contributed by atoms with Gasteiger partial charge in [0.05, 0.1) is 6.10 Å². The summed E-state index contributed by atoms with van der Waals surface area (Å²) in [6.07, 6.45) is 4.63. The van der Waals surface area contributed by atoms with E-state index in [0.29, 0.717) is 6.54 Å². The van der Waals surface area contributed by atoms with E-state index in [0.717, 1.165) is 31.1 Å². The summed E-state index contributed by atoms with van der Waals surface area (Å²) in [6.45, 7) is 6.18. The van der Waals surface area contributed by atoms with Crippen LogP contribution in [0.2, 0.25) is 0 Å². The van der Waals surface area contributed by atoms with Crippen molar-refractivity contribution in [2.24, 2.45) is 0 Å². The highest BCUT2D eigenvalue weighted by atomic mass is 16.3. The molecule has 0 amide bonds. The first kappa shape index (κ1) is 16.3. The molecule has 1 aromatic carbocycles. The van der Waals surface area contributed by atoms with Crippen LogP contribution in [0.1, 0.15) is 44.3 Å². The number of benzene rings is 1. The van der Waals surface area contributed by atoms with Gasteiger partial charge in [0.1, 0.15) is 5.75 Å². The van der Waals surface area contributed by atoms with Crippen molar-refractivity contribution in [2.45, 2.75) is 44.8 Å². The molecule has 21 heavy (non-hydrogen) atoms. The van der Waals surface area contributed by atoms with Crippen molar-refractivity contribution in [1.29, 1.82) is 0 Å². The highest BCUT2D eigenvalue weighted by Gasteiger charge is 2.17. The fourth-order valence-electron chi connectivity index (χ4n) is 2.95. The number of nitrogens with one attached hydrogen (secondary N) is 1. The summed E-state index contributed by atoms with van der Waals surface area (Å²) in [6, 6.07) is 7.46. The molecule has 0 spiro atoms. The smallest absolute Gasteiger partial charge is 0.115 e. The van der Waals surface area contributed by atoms with E-state index in [1.165, 1.54) is 25.8 Å². The monoisotopic (exact) mass is 292 g/mol. The third-order valence-corrected chi connectivity index (χ3v) is 4.36. The zero-order chi connectivity index (χ0) is 15.1. The molecule has 0 saturated carbocycles. The third kappa shape index (κ3) is 5.30. The fraction of sp³-hybridized carbons (Fsp3) is 0.647. The highest BCUT2D eigenvalue weighted by Crippen LogP contribution is 2.17. The van der Waals surface area contributed by atoms with Gasteiger partial charge in [-0.15, -0.1) is 0 Å². The quantitative estimate of drug-likeness (QED) is 0.675. The van der Waals surface area contributed by atoms with Crippen LogP contribution in [0, 0.1) is 0 Å². The summed E-state index contributed by atoms with van der Waals surface area (Å²) in [4.78, 5) is 2.57. The van der Waals surface area contributed by atoms with Gasteiger partial charge in [-0.25, -0.2) is 0 Å². The lowest BCUT2D eigenvalue weighted by molar-refractivity contribution is 0.154. The van der Waals surface area contributed by atoms with E-state index >= 15 is 0 Å². The number of phenols is 1. The summed E-state index contributed by atoms with van der Waals surface area (Å²) >= 11 is 0. The molecule has 118 valence electrons. The molecule has 1 saturated heterocycles. The first-order valence-electron chi connectivity index (χ1n) is 8.08. The molecule has 0 aromatic heterocycles. The molecule has 4 nitrogen and oxygen atoms in total. The lowest BCUT2D eigenvalue weighted by Gasteiger charge is -2.33. The second-order valence-electron chi connectivity index (χ2n) is 6.05. The molecule has 2 atom stereocenters. The van der Waals surface area contributed by atoms with Crippen molar-refractivity contribution < 1.29 is 10.2 Å². The standard InChI is InChI=1S/C17H28N2O2/c1-14-5-2-3-11-19(14)12-4-10-18-13-17(21)15-6-8-16(20)9-7-15/h6-9,14,17-18,20-21H,2-5,10-13H2,1H3. The Bertz CT molecular complexity index is 408. The van der Waals surface area contributed by atoms with Crippen LogP contribution >= 0.6 is 0 Å². The van der Waals surface area contributed by atoms with E-state index in [4.69, 9.17) is 0 Å². The Morgan fingerprint density at radius 3 is 2.76 bits per heavy atom. The molecule has 1 aliphatic rings. The zero-order valence-electron chi connectivity index (χ0n) is 13.0. The topological polar surface area (TPSA) is 55.7 Å². The van der Waals surface area contributed by atoms with Crippen LogP contribution in [0.4, 0.5) is 0 Å². The lowest BCUT2D eigenvalue weighted by Crippen LogP contribution is -2.39. The fourth-order valence-corrected chi connectivity index (χ4v) is 2.95. The Kier molecular flexibility index (Phi) is 6.49. The second-order valence-corrected chi connectivity index (χ2v) is 6.05. The molecule has 4 heteroatoms. The van der Waals surface area contributed by atoms with Gasteiger partial charge in [0, 0.05) is 12.6 Å². The largest absolute Gasteiger partial charge is 0.508 e. The van der Waals surface area contributed by atoms with E-state index in [2.05, 4.69) is 17.1 Å². The van der Waals surface area contributed by atoms with Crippen molar-refractivity contribution in [3.8, 4) is 5.75 Å². The molecular formula is C17H28N2O2. The minimum Gasteiger partial charge on any atom is -0.508 e. The number of rotatable bonds is 7. The average molecular weight is 292 g/mol. The van der Waals surface area contributed by atoms with Crippen molar-refractivity contribution in [3.05, 3.63) is 29.8 Å². The molecule has 1 fully saturated rings. The van der Waals surface area contributed by atoms with Gasteiger partial charge in [0.25, 0.3) is 0 Å². The first-order valence-corrected chi connectivity index (χ1v) is 8.08. The minimum absolute atomic E-state index is 0.231. The number of aliphatic hydroxyl groups excluding tert-OH is 1. The molecule has 2 rings (SSSR count). The lowest BCUT2D eigenvalue weighted by atomic mass is 10.0. The number of hydrogen-bond donors (Lipinski definition) is 3. The average Bonchev–Trinajstić information content (AvgIpc) is 2.49. The predicted octanol–water partition coefficient (Wildman–Crippen LogP) is 2.28. The van der Waals surface area contributed by atoms with Crippen LogP contribution < -0.4 is 5.32 Å². The number of nitrogens with zero attached hydrogens (tertiary/aromatic N) is 1. The first-order chi connectivity index (χ1) is 10.2. The van der Waals surface area contributed by atoms with Gasteiger partial charge in [-0.1, -0.05) is 18.6 Å². The minimum atomic E-state index is -0.514. The summed E-state index contributed by atoms with van der Waals surface area (Å²) < 4.78 is 0. The molecule has 0 aliphatic carbocycles. The Labute approximate surface area is 127 Å².